The van der Waals surface area contributed by atoms with Crippen LogP contribution in [-0.4, -0.2) is 20.3 Å². The first-order valence-electron chi connectivity index (χ1n) is 5.72. The zero-order valence-electron chi connectivity index (χ0n) is 10.8. The molecule has 0 aliphatic carbocycles. The van der Waals surface area contributed by atoms with Crippen LogP contribution in [0.1, 0.15) is 25.0 Å². The molecule has 1 unspecified atom stereocenters. The highest BCUT2D eigenvalue weighted by molar-refractivity contribution is 5.48. The maximum absolute atomic E-state index is 14.2. The second kappa shape index (κ2) is 5.87. The van der Waals surface area contributed by atoms with Gasteiger partial charge >= 0.3 is 0 Å². The number of hydrogen-bond acceptors (Lipinski definition) is 3. The topological polar surface area (TPSA) is 44.5 Å². The number of ether oxygens (including phenoxy) is 2. The predicted octanol–water partition coefficient (Wildman–Crippen LogP) is 2.29. The monoisotopic (exact) mass is 241 g/mol. The van der Waals surface area contributed by atoms with Crippen molar-refractivity contribution in [2.45, 2.75) is 32.7 Å². The molecule has 0 saturated carbocycles. The van der Waals surface area contributed by atoms with Crippen molar-refractivity contribution in [3.05, 3.63) is 23.0 Å². The highest BCUT2D eigenvalue weighted by Crippen LogP contribution is 2.34. The van der Waals surface area contributed by atoms with E-state index in [1.54, 1.807) is 0 Å². The number of hydrogen-bond donors (Lipinski definition) is 1. The number of rotatable bonds is 5. The minimum Gasteiger partial charge on any atom is -0.496 e. The Bertz CT molecular complexity index is 391. The van der Waals surface area contributed by atoms with Gasteiger partial charge in [-0.25, -0.2) is 4.39 Å². The van der Waals surface area contributed by atoms with Crippen LogP contribution < -0.4 is 15.2 Å². The minimum absolute atomic E-state index is 0.0551. The molecule has 1 atom stereocenters. The third-order valence-corrected chi connectivity index (χ3v) is 2.68. The summed E-state index contributed by atoms with van der Waals surface area (Å²) in [5, 5.41) is 0. The van der Waals surface area contributed by atoms with Gasteiger partial charge in [-0.05, 0) is 25.8 Å². The van der Waals surface area contributed by atoms with Crippen molar-refractivity contribution in [1.29, 1.82) is 0 Å². The molecular formula is C13H20FNO2. The Morgan fingerprint density at radius 3 is 2.41 bits per heavy atom. The van der Waals surface area contributed by atoms with Crippen LogP contribution in [0.2, 0.25) is 0 Å². The summed E-state index contributed by atoms with van der Waals surface area (Å²) in [6.45, 7) is 3.75. The van der Waals surface area contributed by atoms with E-state index in [2.05, 4.69) is 0 Å². The number of methoxy groups -OCH3 is 2. The highest BCUT2D eigenvalue weighted by atomic mass is 19.1. The maximum Gasteiger partial charge on any atom is 0.172 e. The SMILES string of the molecule is CCc1c(OC)cc(CC(C)N)c(OC)c1F. The smallest absolute Gasteiger partial charge is 0.172 e. The fraction of sp³-hybridized carbons (Fsp3) is 0.538. The quantitative estimate of drug-likeness (QED) is 0.860. The first kappa shape index (κ1) is 13.8. The Morgan fingerprint density at radius 1 is 1.35 bits per heavy atom. The Morgan fingerprint density at radius 2 is 2.00 bits per heavy atom. The summed E-state index contributed by atoms with van der Waals surface area (Å²) in [6, 6.07) is 1.75. The molecule has 0 heterocycles. The summed E-state index contributed by atoms with van der Waals surface area (Å²) in [7, 11) is 3.01. The van der Waals surface area contributed by atoms with Gasteiger partial charge < -0.3 is 15.2 Å². The summed E-state index contributed by atoms with van der Waals surface area (Å²) in [4.78, 5) is 0. The van der Waals surface area contributed by atoms with E-state index >= 15 is 0 Å². The standard InChI is InChI=1S/C13H20FNO2/c1-5-10-11(16-3)7-9(6-8(2)15)13(17-4)12(10)14/h7-8H,5-6,15H2,1-4H3. The predicted molar refractivity (Wildman–Crippen MR) is 66.2 cm³/mol. The Balaban J connectivity index is 3.34. The van der Waals surface area contributed by atoms with E-state index in [4.69, 9.17) is 15.2 Å². The van der Waals surface area contributed by atoms with Crippen LogP contribution >= 0.6 is 0 Å². The molecular weight excluding hydrogens is 221 g/mol. The van der Waals surface area contributed by atoms with Gasteiger partial charge in [-0.3, -0.25) is 0 Å². The van der Waals surface area contributed by atoms with Crippen molar-refractivity contribution >= 4 is 0 Å². The van der Waals surface area contributed by atoms with Gasteiger partial charge in [0.05, 0.1) is 14.2 Å². The Labute approximate surface area is 102 Å². The number of halogens is 1. The van der Waals surface area contributed by atoms with Crippen molar-refractivity contribution in [3.63, 3.8) is 0 Å². The van der Waals surface area contributed by atoms with Crippen LogP contribution in [0.3, 0.4) is 0 Å². The third kappa shape index (κ3) is 2.88. The molecule has 17 heavy (non-hydrogen) atoms. The average molecular weight is 241 g/mol. The summed E-state index contributed by atoms with van der Waals surface area (Å²) < 4.78 is 24.5. The fourth-order valence-electron chi connectivity index (χ4n) is 1.93. The Kier molecular flexibility index (Phi) is 4.75. The molecule has 4 heteroatoms. The molecule has 1 aromatic carbocycles. The Hall–Kier alpha value is -1.29. The van der Waals surface area contributed by atoms with E-state index in [1.165, 1.54) is 14.2 Å². The zero-order valence-corrected chi connectivity index (χ0v) is 10.8. The van der Waals surface area contributed by atoms with Crippen LogP contribution in [0.4, 0.5) is 4.39 Å². The molecule has 96 valence electrons. The normalized spacial score (nSPS) is 12.4. The van der Waals surface area contributed by atoms with Gasteiger partial charge in [0, 0.05) is 17.2 Å². The average Bonchev–Trinajstić information content (AvgIpc) is 2.28. The molecule has 1 aromatic rings. The van der Waals surface area contributed by atoms with Crippen molar-refractivity contribution in [1.82, 2.24) is 0 Å². The first-order chi connectivity index (χ1) is 8.04. The van der Waals surface area contributed by atoms with Crippen molar-refractivity contribution < 1.29 is 13.9 Å². The molecule has 3 nitrogen and oxygen atoms in total. The summed E-state index contributed by atoms with van der Waals surface area (Å²) in [5.41, 5.74) is 7.03. The van der Waals surface area contributed by atoms with Crippen molar-refractivity contribution in [2.75, 3.05) is 14.2 Å². The number of benzene rings is 1. The van der Waals surface area contributed by atoms with Crippen LogP contribution in [0.25, 0.3) is 0 Å². The lowest BCUT2D eigenvalue weighted by atomic mass is 10.0. The van der Waals surface area contributed by atoms with Gasteiger partial charge in [-0.1, -0.05) is 6.92 Å². The lowest BCUT2D eigenvalue weighted by Crippen LogP contribution is -2.18. The lowest BCUT2D eigenvalue weighted by Gasteiger charge is -2.16. The molecule has 0 amide bonds. The fourth-order valence-corrected chi connectivity index (χ4v) is 1.93. The van der Waals surface area contributed by atoms with Crippen LogP contribution in [-0.2, 0) is 12.8 Å². The molecule has 0 aliphatic rings. The lowest BCUT2D eigenvalue weighted by molar-refractivity contribution is 0.366. The van der Waals surface area contributed by atoms with Gasteiger partial charge in [0.2, 0.25) is 0 Å². The molecule has 0 radical (unpaired) electrons. The summed E-state index contributed by atoms with van der Waals surface area (Å²) in [5.74, 6) is 0.492. The van der Waals surface area contributed by atoms with E-state index in [0.29, 0.717) is 24.2 Å². The summed E-state index contributed by atoms with van der Waals surface area (Å²) in [6.07, 6.45) is 1.12. The third-order valence-electron chi connectivity index (χ3n) is 2.68. The second-order valence-corrected chi connectivity index (χ2v) is 4.10. The molecule has 0 saturated heterocycles. The van der Waals surface area contributed by atoms with E-state index in [1.807, 2.05) is 19.9 Å². The van der Waals surface area contributed by atoms with Gasteiger partial charge in [0.25, 0.3) is 0 Å². The van der Waals surface area contributed by atoms with Crippen LogP contribution in [0, 0.1) is 5.82 Å². The minimum atomic E-state index is -0.343. The van der Waals surface area contributed by atoms with Crippen LogP contribution in [0.15, 0.2) is 6.07 Å². The van der Waals surface area contributed by atoms with Gasteiger partial charge in [-0.15, -0.1) is 0 Å². The number of nitrogens with two attached hydrogens (primary N) is 1. The van der Waals surface area contributed by atoms with Gasteiger partial charge in [-0.2, -0.15) is 0 Å². The molecule has 0 aliphatic heterocycles. The van der Waals surface area contributed by atoms with E-state index in [0.717, 1.165) is 5.56 Å². The van der Waals surface area contributed by atoms with Gasteiger partial charge in [0.15, 0.2) is 11.6 Å². The van der Waals surface area contributed by atoms with E-state index in [9.17, 15) is 4.39 Å². The van der Waals surface area contributed by atoms with Crippen molar-refractivity contribution in [3.8, 4) is 11.5 Å². The highest BCUT2D eigenvalue weighted by Gasteiger charge is 2.19. The molecule has 1 rings (SSSR count). The first-order valence-corrected chi connectivity index (χ1v) is 5.72. The second-order valence-electron chi connectivity index (χ2n) is 4.10. The van der Waals surface area contributed by atoms with Gasteiger partial charge in [0.1, 0.15) is 5.75 Å². The molecule has 2 N–H and O–H groups in total. The summed E-state index contributed by atoms with van der Waals surface area (Å²) >= 11 is 0. The maximum atomic E-state index is 14.2. The molecule has 0 fully saturated rings. The molecule has 0 aromatic heterocycles. The van der Waals surface area contributed by atoms with E-state index < -0.39 is 0 Å². The van der Waals surface area contributed by atoms with E-state index in [-0.39, 0.29) is 17.6 Å². The molecule has 0 spiro atoms. The zero-order chi connectivity index (χ0) is 13.0. The molecule has 0 bridgehead atoms. The largest absolute Gasteiger partial charge is 0.496 e. The van der Waals surface area contributed by atoms with Crippen LogP contribution in [0.5, 0.6) is 11.5 Å². The van der Waals surface area contributed by atoms with Crippen molar-refractivity contribution in [2.24, 2.45) is 5.73 Å².